The molecule has 1 aliphatic heterocycles. The molecule has 0 bridgehead atoms. The summed E-state index contributed by atoms with van der Waals surface area (Å²) in [5, 5.41) is 15.6. The predicted octanol–water partition coefficient (Wildman–Crippen LogP) is 3.04. The summed E-state index contributed by atoms with van der Waals surface area (Å²) in [7, 11) is 1.82. The van der Waals surface area contributed by atoms with E-state index in [4.69, 9.17) is 0 Å². The Morgan fingerprint density at radius 1 is 1.11 bits per heavy atom. The molecule has 0 saturated carbocycles. The molecule has 0 saturated heterocycles. The highest BCUT2D eigenvalue weighted by molar-refractivity contribution is 5.79. The van der Waals surface area contributed by atoms with Gasteiger partial charge in [0.05, 0.1) is 6.54 Å². The van der Waals surface area contributed by atoms with Gasteiger partial charge in [-0.05, 0) is 31.2 Å². The molecule has 0 radical (unpaired) electrons. The van der Waals surface area contributed by atoms with Gasteiger partial charge in [0.2, 0.25) is 0 Å². The summed E-state index contributed by atoms with van der Waals surface area (Å²) in [4.78, 5) is 4.40. The Hall–Kier alpha value is -2.37. The standard InChI is InChI=1S/C21H32N6/c1-4-21(5-2,17-11-7-6-8-12-17)16-24-20(22-3)23-15-19-26-25-18-13-9-10-14-27(18)19/h6-8,11-12H,4-5,9-10,13-16H2,1-3H3,(H2,22,23,24). The minimum Gasteiger partial charge on any atom is -0.356 e. The van der Waals surface area contributed by atoms with Crippen molar-refractivity contribution in [1.29, 1.82) is 0 Å². The van der Waals surface area contributed by atoms with Crippen LogP contribution in [0.15, 0.2) is 35.3 Å². The zero-order chi connectivity index (χ0) is 19.1. The molecular weight excluding hydrogens is 336 g/mol. The summed E-state index contributed by atoms with van der Waals surface area (Å²) in [6.07, 6.45) is 5.61. The van der Waals surface area contributed by atoms with E-state index in [1.54, 1.807) is 0 Å². The molecule has 1 aromatic heterocycles. The lowest BCUT2D eigenvalue weighted by atomic mass is 9.76. The first kappa shape index (κ1) is 19.4. The quantitative estimate of drug-likeness (QED) is 0.582. The van der Waals surface area contributed by atoms with E-state index in [2.05, 4.69) is 74.6 Å². The van der Waals surface area contributed by atoms with Crippen LogP contribution >= 0.6 is 0 Å². The van der Waals surface area contributed by atoms with Crippen molar-refractivity contribution in [2.45, 2.75) is 64.5 Å². The maximum absolute atomic E-state index is 4.40. The van der Waals surface area contributed by atoms with Gasteiger partial charge in [-0.3, -0.25) is 4.99 Å². The molecule has 2 heterocycles. The monoisotopic (exact) mass is 368 g/mol. The zero-order valence-electron chi connectivity index (χ0n) is 16.8. The molecular formula is C21H32N6. The van der Waals surface area contributed by atoms with Crippen LogP contribution in [0.25, 0.3) is 0 Å². The number of aliphatic imine (C=N–C) groups is 1. The van der Waals surface area contributed by atoms with Gasteiger partial charge in [0.1, 0.15) is 5.82 Å². The molecule has 0 atom stereocenters. The second-order valence-corrected chi connectivity index (χ2v) is 7.27. The molecule has 0 fully saturated rings. The van der Waals surface area contributed by atoms with E-state index in [0.29, 0.717) is 6.54 Å². The first-order valence-corrected chi connectivity index (χ1v) is 10.1. The normalized spacial score (nSPS) is 14.7. The van der Waals surface area contributed by atoms with Crippen LogP contribution in [0.2, 0.25) is 0 Å². The number of nitrogens with one attached hydrogen (secondary N) is 2. The van der Waals surface area contributed by atoms with Gasteiger partial charge in [-0.2, -0.15) is 0 Å². The van der Waals surface area contributed by atoms with Crippen molar-refractivity contribution in [3.63, 3.8) is 0 Å². The van der Waals surface area contributed by atoms with E-state index in [-0.39, 0.29) is 5.41 Å². The van der Waals surface area contributed by atoms with Gasteiger partial charge in [0.25, 0.3) is 0 Å². The maximum Gasteiger partial charge on any atom is 0.191 e. The third kappa shape index (κ3) is 4.31. The van der Waals surface area contributed by atoms with Crippen LogP contribution in [0.5, 0.6) is 0 Å². The molecule has 2 aromatic rings. The fourth-order valence-electron chi connectivity index (χ4n) is 3.94. The molecule has 146 valence electrons. The van der Waals surface area contributed by atoms with E-state index in [1.807, 2.05) is 7.05 Å². The fraction of sp³-hybridized carbons (Fsp3) is 0.571. The first-order chi connectivity index (χ1) is 13.2. The van der Waals surface area contributed by atoms with Crippen molar-refractivity contribution >= 4 is 5.96 Å². The number of aromatic nitrogens is 3. The van der Waals surface area contributed by atoms with Crippen molar-refractivity contribution in [2.24, 2.45) is 4.99 Å². The highest BCUT2D eigenvalue weighted by atomic mass is 15.3. The minimum absolute atomic E-state index is 0.104. The lowest BCUT2D eigenvalue weighted by molar-refractivity contribution is 0.389. The van der Waals surface area contributed by atoms with Crippen LogP contribution in [0.4, 0.5) is 0 Å². The lowest BCUT2D eigenvalue weighted by Crippen LogP contribution is -2.45. The molecule has 0 amide bonds. The maximum atomic E-state index is 4.40. The number of aryl methyl sites for hydroxylation is 1. The molecule has 1 aromatic carbocycles. The second-order valence-electron chi connectivity index (χ2n) is 7.27. The summed E-state index contributed by atoms with van der Waals surface area (Å²) in [6, 6.07) is 10.8. The van der Waals surface area contributed by atoms with Gasteiger partial charge in [-0.25, -0.2) is 0 Å². The van der Waals surface area contributed by atoms with E-state index < -0.39 is 0 Å². The summed E-state index contributed by atoms with van der Waals surface area (Å²) in [5.41, 5.74) is 1.48. The average Bonchev–Trinajstić information content (AvgIpc) is 3.15. The summed E-state index contributed by atoms with van der Waals surface area (Å²) in [6.45, 7) is 7.03. The number of hydrogen-bond donors (Lipinski definition) is 2. The van der Waals surface area contributed by atoms with Crippen LogP contribution in [-0.4, -0.2) is 34.3 Å². The van der Waals surface area contributed by atoms with Gasteiger partial charge in [-0.15, -0.1) is 10.2 Å². The average molecular weight is 369 g/mol. The number of fused-ring (bicyclic) bond motifs is 1. The van der Waals surface area contributed by atoms with Crippen molar-refractivity contribution in [2.75, 3.05) is 13.6 Å². The summed E-state index contributed by atoms with van der Waals surface area (Å²) >= 11 is 0. The lowest BCUT2D eigenvalue weighted by Gasteiger charge is -2.33. The largest absolute Gasteiger partial charge is 0.356 e. The SMILES string of the molecule is CCC(CC)(CNC(=NC)NCc1nnc2n1CCCC2)c1ccccc1. The van der Waals surface area contributed by atoms with E-state index in [1.165, 1.54) is 18.4 Å². The second kappa shape index (κ2) is 9.02. The van der Waals surface area contributed by atoms with E-state index >= 15 is 0 Å². The zero-order valence-corrected chi connectivity index (χ0v) is 16.8. The van der Waals surface area contributed by atoms with Crippen molar-refractivity contribution in [1.82, 2.24) is 25.4 Å². The molecule has 0 unspecified atom stereocenters. The van der Waals surface area contributed by atoms with Gasteiger partial charge in [-0.1, -0.05) is 44.2 Å². The van der Waals surface area contributed by atoms with Crippen LogP contribution in [0.1, 0.15) is 56.7 Å². The van der Waals surface area contributed by atoms with Crippen LogP contribution in [0.3, 0.4) is 0 Å². The fourth-order valence-corrected chi connectivity index (χ4v) is 3.94. The van der Waals surface area contributed by atoms with Gasteiger partial charge < -0.3 is 15.2 Å². The number of benzene rings is 1. The third-order valence-corrected chi connectivity index (χ3v) is 5.91. The van der Waals surface area contributed by atoms with Crippen molar-refractivity contribution in [3.05, 3.63) is 47.5 Å². The third-order valence-electron chi connectivity index (χ3n) is 5.91. The number of hydrogen-bond acceptors (Lipinski definition) is 3. The predicted molar refractivity (Wildman–Crippen MR) is 110 cm³/mol. The summed E-state index contributed by atoms with van der Waals surface area (Å²) in [5.74, 6) is 2.92. The Morgan fingerprint density at radius 2 is 1.89 bits per heavy atom. The summed E-state index contributed by atoms with van der Waals surface area (Å²) < 4.78 is 2.25. The molecule has 6 nitrogen and oxygen atoms in total. The van der Waals surface area contributed by atoms with Crippen molar-refractivity contribution < 1.29 is 0 Å². The topological polar surface area (TPSA) is 67.1 Å². The van der Waals surface area contributed by atoms with Gasteiger partial charge in [0, 0.05) is 32.0 Å². The first-order valence-electron chi connectivity index (χ1n) is 10.1. The number of rotatable bonds is 7. The Bertz CT molecular complexity index is 745. The van der Waals surface area contributed by atoms with E-state index in [0.717, 1.165) is 50.0 Å². The molecule has 0 spiro atoms. The molecule has 3 rings (SSSR count). The number of guanidine groups is 1. The molecule has 1 aliphatic rings. The Kier molecular flexibility index (Phi) is 6.48. The Morgan fingerprint density at radius 3 is 2.59 bits per heavy atom. The molecule has 2 N–H and O–H groups in total. The number of nitrogens with zero attached hydrogens (tertiary/aromatic N) is 4. The minimum atomic E-state index is 0.104. The molecule has 0 aliphatic carbocycles. The van der Waals surface area contributed by atoms with E-state index in [9.17, 15) is 0 Å². The molecule has 6 heteroatoms. The van der Waals surface area contributed by atoms with Crippen LogP contribution in [0, 0.1) is 0 Å². The highest BCUT2D eigenvalue weighted by Crippen LogP contribution is 2.30. The van der Waals surface area contributed by atoms with Crippen LogP contribution in [-0.2, 0) is 24.9 Å². The Labute approximate surface area is 162 Å². The highest BCUT2D eigenvalue weighted by Gasteiger charge is 2.28. The van der Waals surface area contributed by atoms with Crippen molar-refractivity contribution in [3.8, 4) is 0 Å². The smallest absolute Gasteiger partial charge is 0.191 e. The molecule has 27 heavy (non-hydrogen) atoms. The Balaban J connectivity index is 1.62. The van der Waals surface area contributed by atoms with Gasteiger partial charge >= 0.3 is 0 Å². The van der Waals surface area contributed by atoms with Crippen LogP contribution < -0.4 is 10.6 Å². The van der Waals surface area contributed by atoms with Gasteiger partial charge in [0.15, 0.2) is 11.8 Å².